The van der Waals surface area contributed by atoms with Crippen LogP contribution in [0.5, 0.6) is 0 Å². The van der Waals surface area contributed by atoms with Gasteiger partial charge in [-0.2, -0.15) is 4.31 Å². The monoisotopic (exact) mass is 330 g/mol. The summed E-state index contributed by atoms with van der Waals surface area (Å²) in [6, 6.07) is 7.45. The minimum atomic E-state index is -3.25. The summed E-state index contributed by atoms with van der Waals surface area (Å²) < 4.78 is 24.8. The Labute approximate surface area is 130 Å². The van der Waals surface area contributed by atoms with Crippen molar-refractivity contribution in [3.8, 4) is 0 Å². The van der Waals surface area contributed by atoms with Crippen molar-refractivity contribution < 1.29 is 13.2 Å². The summed E-state index contributed by atoms with van der Waals surface area (Å²) in [6.07, 6.45) is 2.16. The van der Waals surface area contributed by atoms with Crippen LogP contribution in [0, 0.1) is 0 Å². The van der Waals surface area contributed by atoms with Crippen molar-refractivity contribution in [2.24, 2.45) is 0 Å². The fourth-order valence-electron chi connectivity index (χ4n) is 2.27. The second kappa shape index (κ2) is 7.24. The Kier molecular flexibility index (Phi) is 5.61. The number of carbonyl (C=O) groups excluding carboxylic acids is 1. The summed E-state index contributed by atoms with van der Waals surface area (Å²) in [6.45, 7) is 0.814. The molecule has 5 nitrogen and oxygen atoms in total. The molecule has 0 radical (unpaired) electrons. The van der Waals surface area contributed by atoms with Crippen molar-refractivity contribution in [3.05, 3.63) is 34.9 Å². The van der Waals surface area contributed by atoms with Gasteiger partial charge in [-0.3, -0.25) is 4.79 Å². The third-order valence-corrected chi connectivity index (χ3v) is 5.54. The maximum absolute atomic E-state index is 11.8. The van der Waals surface area contributed by atoms with Crippen LogP contribution in [0.25, 0.3) is 0 Å². The SMILES string of the molecule is O=C(CN1CCCCS1(=O)=O)NCCc1cccc(Cl)c1. The minimum Gasteiger partial charge on any atom is -0.355 e. The van der Waals surface area contributed by atoms with Crippen molar-refractivity contribution in [2.45, 2.75) is 19.3 Å². The highest BCUT2D eigenvalue weighted by molar-refractivity contribution is 7.89. The molecule has 1 heterocycles. The number of hydrogen-bond donors (Lipinski definition) is 1. The molecular weight excluding hydrogens is 312 g/mol. The quantitative estimate of drug-likeness (QED) is 0.888. The summed E-state index contributed by atoms with van der Waals surface area (Å²) in [7, 11) is -3.25. The number of nitrogens with one attached hydrogen (secondary N) is 1. The van der Waals surface area contributed by atoms with Crippen LogP contribution in [0.15, 0.2) is 24.3 Å². The topological polar surface area (TPSA) is 66.5 Å². The number of amides is 1. The second-order valence-electron chi connectivity index (χ2n) is 5.09. The van der Waals surface area contributed by atoms with Crippen LogP contribution < -0.4 is 5.32 Å². The van der Waals surface area contributed by atoms with Crippen LogP contribution in [0.2, 0.25) is 5.02 Å². The standard InChI is InChI=1S/C14H19ClN2O3S/c15-13-5-3-4-12(10-13)6-7-16-14(18)11-17-8-1-2-9-21(17,19)20/h3-5,10H,1-2,6-9,11H2,(H,16,18). The minimum absolute atomic E-state index is 0.0854. The van der Waals surface area contributed by atoms with E-state index in [4.69, 9.17) is 11.6 Å². The summed E-state index contributed by atoms with van der Waals surface area (Å²) >= 11 is 5.89. The highest BCUT2D eigenvalue weighted by Crippen LogP contribution is 2.13. The highest BCUT2D eigenvalue weighted by atomic mass is 35.5. The molecule has 0 bridgehead atoms. The summed E-state index contributed by atoms with van der Waals surface area (Å²) in [5.74, 6) is -0.120. The molecule has 0 aliphatic carbocycles. The van der Waals surface area contributed by atoms with E-state index in [0.29, 0.717) is 31.0 Å². The first-order valence-corrected chi connectivity index (χ1v) is 8.95. The third kappa shape index (κ3) is 4.98. The summed E-state index contributed by atoms with van der Waals surface area (Å²) in [4.78, 5) is 11.8. The van der Waals surface area contributed by atoms with Gasteiger partial charge in [0.15, 0.2) is 0 Å². The van der Waals surface area contributed by atoms with Gasteiger partial charge in [0, 0.05) is 18.1 Å². The second-order valence-corrected chi connectivity index (χ2v) is 7.61. The zero-order valence-electron chi connectivity index (χ0n) is 11.7. The van der Waals surface area contributed by atoms with Gasteiger partial charge in [0.1, 0.15) is 0 Å². The average molecular weight is 331 g/mol. The molecule has 0 unspecified atom stereocenters. The van der Waals surface area contributed by atoms with Crippen molar-refractivity contribution in [1.82, 2.24) is 9.62 Å². The van der Waals surface area contributed by atoms with E-state index in [1.54, 1.807) is 6.07 Å². The van der Waals surface area contributed by atoms with Crippen LogP contribution in [0.4, 0.5) is 0 Å². The number of carbonyl (C=O) groups is 1. The maximum atomic E-state index is 11.8. The van der Waals surface area contributed by atoms with E-state index in [9.17, 15) is 13.2 Å². The number of sulfonamides is 1. The Bertz CT molecular complexity index is 604. The molecule has 1 saturated heterocycles. The van der Waals surface area contributed by atoms with Crippen molar-refractivity contribution >= 4 is 27.5 Å². The van der Waals surface area contributed by atoms with E-state index < -0.39 is 10.0 Å². The zero-order valence-corrected chi connectivity index (χ0v) is 13.3. The van der Waals surface area contributed by atoms with Gasteiger partial charge in [-0.25, -0.2) is 8.42 Å². The predicted molar refractivity (Wildman–Crippen MR) is 82.8 cm³/mol. The van der Waals surface area contributed by atoms with Crippen molar-refractivity contribution in [1.29, 1.82) is 0 Å². The normalized spacial score (nSPS) is 18.3. The molecule has 1 N–H and O–H groups in total. The van der Waals surface area contributed by atoms with E-state index in [0.717, 1.165) is 12.0 Å². The van der Waals surface area contributed by atoms with Gasteiger partial charge in [-0.15, -0.1) is 0 Å². The smallest absolute Gasteiger partial charge is 0.235 e. The largest absolute Gasteiger partial charge is 0.355 e. The molecule has 0 saturated carbocycles. The number of rotatable bonds is 5. The lowest BCUT2D eigenvalue weighted by atomic mass is 10.1. The van der Waals surface area contributed by atoms with Gasteiger partial charge in [0.05, 0.1) is 12.3 Å². The fourth-order valence-corrected chi connectivity index (χ4v) is 4.03. The van der Waals surface area contributed by atoms with Gasteiger partial charge in [0.2, 0.25) is 15.9 Å². The van der Waals surface area contributed by atoms with Crippen LogP contribution in [-0.4, -0.2) is 44.0 Å². The molecule has 7 heteroatoms. The molecule has 0 aromatic heterocycles. The molecular formula is C14H19ClN2O3S. The van der Waals surface area contributed by atoms with Crippen molar-refractivity contribution in [2.75, 3.05) is 25.4 Å². The first-order valence-electron chi connectivity index (χ1n) is 6.96. The van der Waals surface area contributed by atoms with Crippen LogP contribution in [-0.2, 0) is 21.2 Å². The van der Waals surface area contributed by atoms with Gasteiger partial charge in [0.25, 0.3) is 0 Å². The average Bonchev–Trinajstić information content (AvgIpc) is 2.41. The number of hydrogen-bond acceptors (Lipinski definition) is 3. The lowest BCUT2D eigenvalue weighted by Crippen LogP contribution is -2.44. The lowest BCUT2D eigenvalue weighted by Gasteiger charge is -2.25. The Hall–Kier alpha value is -1.11. The Morgan fingerprint density at radius 1 is 1.33 bits per heavy atom. The van der Waals surface area contributed by atoms with Gasteiger partial charge < -0.3 is 5.32 Å². The zero-order chi connectivity index (χ0) is 15.3. The lowest BCUT2D eigenvalue weighted by molar-refractivity contribution is -0.121. The molecule has 1 aliphatic rings. The van der Waals surface area contributed by atoms with Crippen molar-refractivity contribution in [3.63, 3.8) is 0 Å². The maximum Gasteiger partial charge on any atom is 0.235 e. The van der Waals surface area contributed by atoms with Crippen LogP contribution >= 0.6 is 11.6 Å². The molecule has 0 spiro atoms. The molecule has 1 fully saturated rings. The number of nitrogens with zero attached hydrogens (tertiary/aromatic N) is 1. The first kappa shape index (κ1) is 16.3. The molecule has 1 aromatic rings. The van der Waals surface area contributed by atoms with Crippen LogP contribution in [0.3, 0.4) is 0 Å². The number of benzene rings is 1. The Morgan fingerprint density at radius 2 is 2.14 bits per heavy atom. The van der Waals surface area contributed by atoms with E-state index >= 15 is 0 Å². The highest BCUT2D eigenvalue weighted by Gasteiger charge is 2.27. The van der Waals surface area contributed by atoms with Gasteiger partial charge >= 0.3 is 0 Å². The van der Waals surface area contributed by atoms with E-state index in [1.165, 1.54) is 4.31 Å². The molecule has 2 rings (SSSR count). The first-order chi connectivity index (χ1) is 9.97. The molecule has 116 valence electrons. The van der Waals surface area contributed by atoms with Gasteiger partial charge in [-0.05, 0) is 37.0 Å². The summed E-state index contributed by atoms with van der Waals surface area (Å²) in [5.41, 5.74) is 1.04. The molecule has 1 aliphatic heterocycles. The third-order valence-electron chi connectivity index (χ3n) is 3.40. The molecule has 0 atom stereocenters. The summed E-state index contributed by atoms with van der Waals surface area (Å²) in [5, 5.41) is 3.41. The van der Waals surface area contributed by atoms with Crippen LogP contribution in [0.1, 0.15) is 18.4 Å². The van der Waals surface area contributed by atoms with E-state index in [2.05, 4.69) is 5.32 Å². The van der Waals surface area contributed by atoms with E-state index in [-0.39, 0.29) is 18.2 Å². The Morgan fingerprint density at radius 3 is 2.86 bits per heavy atom. The molecule has 1 amide bonds. The predicted octanol–water partition coefficient (Wildman–Crippen LogP) is 1.42. The molecule has 1 aromatic carbocycles. The Balaban J connectivity index is 1.77. The number of halogens is 1. The van der Waals surface area contributed by atoms with Gasteiger partial charge in [-0.1, -0.05) is 23.7 Å². The molecule has 21 heavy (non-hydrogen) atoms. The van der Waals surface area contributed by atoms with E-state index in [1.807, 2.05) is 18.2 Å². The fraction of sp³-hybridized carbons (Fsp3) is 0.500.